The molecule has 2 saturated heterocycles. The van der Waals surface area contributed by atoms with E-state index in [1.165, 1.54) is 16.0 Å². The van der Waals surface area contributed by atoms with E-state index < -0.39 is 5.54 Å². The average molecular weight is 456 g/mol. The Bertz CT molecular complexity index is 1060. The number of urea groups is 1. The van der Waals surface area contributed by atoms with E-state index in [0.29, 0.717) is 6.42 Å². The quantitative estimate of drug-likeness (QED) is 0.475. The lowest BCUT2D eigenvalue weighted by atomic mass is 9.74. The number of hydrogen-bond acceptors (Lipinski definition) is 3. The first-order valence-corrected chi connectivity index (χ1v) is 12.1. The minimum absolute atomic E-state index is 0.112. The molecular formula is C29H33N3O2. The van der Waals surface area contributed by atoms with Crippen molar-refractivity contribution in [2.75, 3.05) is 26.2 Å². The van der Waals surface area contributed by atoms with Crippen molar-refractivity contribution in [2.45, 2.75) is 38.1 Å². The van der Waals surface area contributed by atoms with E-state index in [0.717, 1.165) is 38.9 Å². The fraction of sp³-hybridized carbons (Fsp3) is 0.379. The summed E-state index contributed by atoms with van der Waals surface area (Å²) in [5.74, 6) is 5.69. The lowest BCUT2D eigenvalue weighted by Crippen LogP contribution is -2.56. The summed E-state index contributed by atoms with van der Waals surface area (Å²) in [6.07, 6.45) is 7.48. The Morgan fingerprint density at radius 1 is 1.03 bits per heavy atom. The smallest absolute Gasteiger partial charge is 0.323 e. The summed E-state index contributed by atoms with van der Waals surface area (Å²) in [4.78, 5) is 30.2. The Balaban J connectivity index is 1.44. The molecule has 2 fully saturated rings. The number of nitrogens with one attached hydrogen (secondary N) is 1. The standard InChI is InChI=1S/C29H33N3O2/c1-2-3-21-32-27(33)29(30-28(32)34,19-16-25-13-8-5-9-14-25)26-17-22-31(23-18-26)20-10-15-24-11-6-4-7-12-24/h4-15,26H,16-23H2,1H3,(H,30,34)/b15-10+. The third-order valence-electron chi connectivity index (χ3n) is 7.02. The topological polar surface area (TPSA) is 52.7 Å². The van der Waals surface area contributed by atoms with E-state index in [1.54, 1.807) is 6.92 Å². The number of carbonyl (C=O) groups is 2. The van der Waals surface area contributed by atoms with Gasteiger partial charge in [0.2, 0.25) is 0 Å². The molecule has 0 radical (unpaired) electrons. The molecule has 1 unspecified atom stereocenters. The van der Waals surface area contributed by atoms with Crippen molar-refractivity contribution in [2.24, 2.45) is 5.92 Å². The van der Waals surface area contributed by atoms with Crippen LogP contribution in [-0.4, -0.2) is 53.5 Å². The minimum atomic E-state index is -0.853. The molecule has 2 aromatic rings. The Labute approximate surface area is 202 Å². The lowest BCUT2D eigenvalue weighted by molar-refractivity contribution is -0.133. The molecule has 3 amide bonds. The average Bonchev–Trinajstić information content (AvgIpc) is 3.12. The van der Waals surface area contributed by atoms with E-state index in [2.05, 4.69) is 58.5 Å². The molecular weight excluding hydrogens is 422 g/mol. The Morgan fingerprint density at radius 2 is 1.71 bits per heavy atom. The van der Waals surface area contributed by atoms with Crippen molar-refractivity contribution in [3.05, 3.63) is 77.9 Å². The van der Waals surface area contributed by atoms with Crippen LogP contribution in [0.15, 0.2) is 66.7 Å². The largest absolute Gasteiger partial charge is 0.325 e. The Hall–Kier alpha value is -3.36. The molecule has 34 heavy (non-hydrogen) atoms. The van der Waals surface area contributed by atoms with Crippen LogP contribution >= 0.6 is 0 Å². The highest BCUT2D eigenvalue weighted by atomic mass is 16.2. The van der Waals surface area contributed by atoms with Gasteiger partial charge < -0.3 is 5.32 Å². The van der Waals surface area contributed by atoms with Gasteiger partial charge in [-0.05, 0) is 62.7 Å². The number of aryl methyl sites for hydroxylation is 1. The van der Waals surface area contributed by atoms with Crippen LogP contribution in [0.3, 0.4) is 0 Å². The Morgan fingerprint density at radius 3 is 2.38 bits per heavy atom. The van der Waals surface area contributed by atoms with Gasteiger partial charge in [-0.2, -0.15) is 0 Å². The van der Waals surface area contributed by atoms with Gasteiger partial charge in [-0.1, -0.05) is 78.7 Å². The fourth-order valence-electron chi connectivity index (χ4n) is 5.09. The molecule has 0 saturated carbocycles. The number of rotatable bonds is 8. The van der Waals surface area contributed by atoms with Gasteiger partial charge in [0.05, 0.1) is 6.54 Å². The third-order valence-corrected chi connectivity index (χ3v) is 7.02. The molecule has 0 bridgehead atoms. The van der Waals surface area contributed by atoms with Crippen LogP contribution in [0.25, 0.3) is 6.08 Å². The monoisotopic (exact) mass is 455 g/mol. The number of hydrogen-bond donors (Lipinski definition) is 1. The van der Waals surface area contributed by atoms with Gasteiger partial charge >= 0.3 is 6.03 Å². The fourth-order valence-corrected chi connectivity index (χ4v) is 5.09. The normalized spacial score (nSPS) is 21.5. The van der Waals surface area contributed by atoms with E-state index in [4.69, 9.17) is 0 Å². The first-order valence-electron chi connectivity index (χ1n) is 12.1. The van der Waals surface area contributed by atoms with Crippen LogP contribution in [0.2, 0.25) is 0 Å². The molecule has 4 rings (SSSR count). The van der Waals surface area contributed by atoms with Crippen LogP contribution in [-0.2, 0) is 11.2 Å². The first kappa shape index (κ1) is 23.8. The number of nitrogens with zero attached hydrogens (tertiary/aromatic N) is 2. The van der Waals surface area contributed by atoms with Crippen LogP contribution < -0.4 is 5.32 Å². The van der Waals surface area contributed by atoms with Gasteiger partial charge in [0.15, 0.2) is 0 Å². The summed E-state index contributed by atoms with van der Waals surface area (Å²) in [5, 5.41) is 3.13. The van der Waals surface area contributed by atoms with Crippen molar-refractivity contribution < 1.29 is 9.59 Å². The van der Waals surface area contributed by atoms with E-state index in [9.17, 15) is 9.59 Å². The van der Waals surface area contributed by atoms with Crippen LogP contribution in [0.4, 0.5) is 4.79 Å². The van der Waals surface area contributed by atoms with Gasteiger partial charge in [0.25, 0.3) is 5.91 Å². The predicted octanol–water partition coefficient (Wildman–Crippen LogP) is 4.36. The summed E-state index contributed by atoms with van der Waals surface area (Å²) in [5.41, 5.74) is 1.53. The zero-order valence-electron chi connectivity index (χ0n) is 19.9. The van der Waals surface area contributed by atoms with Crippen molar-refractivity contribution in [1.29, 1.82) is 0 Å². The van der Waals surface area contributed by atoms with Crippen molar-refractivity contribution in [3.8, 4) is 11.8 Å². The second-order valence-electron chi connectivity index (χ2n) is 9.09. The van der Waals surface area contributed by atoms with Crippen molar-refractivity contribution >= 4 is 18.0 Å². The number of imide groups is 1. The molecule has 176 valence electrons. The van der Waals surface area contributed by atoms with Crippen LogP contribution in [0, 0.1) is 17.8 Å². The number of benzene rings is 2. The maximum absolute atomic E-state index is 13.6. The van der Waals surface area contributed by atoms with Gasteiger partial charge in [-0.3, -0.25) is 14.6 Å². The van der Waals surface area contributed by atoms with Gasteiger partial charge in [-0.25, -0.2) is 4.79 Å². The predicted molar refractivity (Wildman–Crippen MR) is 136 cm³/mol. The summed E-state index contributed by atoms with van der Waals surface area (Å²) < 4.78 is 0. The van der Waals surface area contributed by atoms with Crippen molar-refractivity contribution in [3.63, 3.8) is 0 Å². The second-order valence-corrected chi connectivity index (χ2v) is 9.09. The molecule has 5 nitrogen and oxygen atoms in total. The SMILES string of the molecule is CC#CCN1C(=O)NC(CCc2ccccc2)(C2CCN(C/C=C/c3ccccc3)CC2)C1=O. The number of piperidine rings is 1. The minimum Gasteiger partial charge on any atom is -0.323 e. The third kappa shape index (κ3) is 5.40. The zero-order valence-corrected chi connectivity index (χ0v) is 19.9. The highest BCUT2D eigenvalue weighted by molar-refractivity contribution is 6.07. The molecule has 0 aliphatic carbocycles. The van der Waals surface area contributed by atoms with Crippen LogP contribution in [0.5, 0.6) is 0 Å². The summed E-state index contributed by atoms with van der Waals surface area (Å²) in [7, 11) is 0. The first-order chi connectivity index (χ1) is 16.6. The molecule has 2 aromatic carbocycles. The van der Waals surface area contributed by atoms with Gasteiger partial charge in [0, 0.05) is 6.54 Å². The summed E-state index contributed by atoms with van der Waals surface area (Å²) >= 11 is 0. The molecule has 1 atom stereocenters. The number of amides is 3. The number of carbonyl (C=O) groups excluding carboxylic acids is 2. The molecule has 2 aliphatic heterocycles. The zero-order chi connectivity index (χ0) is 23.8. The van der Waals surface area contributed by atoms with E-state index in [-0.39, 0.29) is 24.4 Å². The summed E-state index contributed by atoms with van der Waals surface area (Å²) in [6.45, 7) is 4.58. The lowest BCUT2D eigenvalue weighted by Gasteiger charge is -2.40. The Kier molecular flexibility index (Phi) is 7.82. The maximum atomic E-state index is 13.6. The molecule has 0 aromatic heterocycles. The highest BCUT2D eigenvalue weighted by Gasteiger charge is 2.55. The summed E-state index contributed by atoms with van der Waals surface area (Å²) in [6, 6.07) is 20.2. The van der Waals surface area contributed by atoms with Gasteiger partial charge in [0.1, 0.15) is 5.54 Å². The van der Waals surface area contributed by atoms with Crippen LogP contribution in [0.1, 0.15) is 37.3 Å². The highest BCUT2D eigenvalue weighted by Crippen LogP contribution is 2.37. The number of likely N-dealkylation sites (tertiary alicyclic amines) is 1. The van der Waals surface area contributed by atoms with E-state index in [1.807, 2.05) is 36.4 Å². The molecule has 2 heterocycles. The molecule has 5 heteroatoms. The van der Waals surface area contributed by atoms with E-state index >= 15 is 0 Å². The van der Waals surface area contributed by atoms with Crippen molar-refractivity contribution in [1.82, 2.24) is 15.1 Å². The second kappa shape index (κ2) is 11.2. The van der Waals surface area contributed by atoms with Gasteiger partial charge in [-0.15, -0.1) is 5.92 Å². The molecule has 1 N–H and O–H groups in total. The molecule has 0 spiro atoms. The maximum Gasteiger partial charge on any atom is 0.325 e. The molecule has 2 aliphatic rings.